The van der Waals surface area contributed by atoms with Crippen molar-refractivity contribution in [1.29, 1.82) is 0 Å². The van der Waals surface area contributed by atoms with Gasteiger partial charge in [-0.05, 0) is 24.3 Å². The number of para-hydroxylation sites is 1. The molecule has 2 amide bonds. The summed E-state index contributed by atoms with van der Waals surface area (Å²) in [6.07, 6.45) is 0.762. The van der Waals surface area contributed by atoms with Crippen LogP contribution in [-0.4, -0.2) is 27.7 Å². The van der Waals surface area contributed by atoms with Crippen LogP contribution in [0.5, 0.6) is 0 Å². The molecule has 0 unspecified atom stereocenters. The fourth-order valence-electron chi connectivity index (χ4n) is 3.04. The van der Waals surface area contributed by atoms with Gasteiger partial charge in [0.15, 0.2) is 0 Å². The molecule has 0 fully saturated rings. The second kappa shape index (κ2) is 6.61. The lowest BCUT2D eigenvalue weighted by Crippen LogP contribution is -2.38. The van der Waals surface area contributed by atoms with Crippen molar-refractivity contribution in [3.8, 4) is 11.3 Å². The second-order valence-electron chi connectivity index (χ2n) is 6.00. The number of fused-ring (bicyclic) bond motifs is 1. The standard InChI is InChI=1S/C19H17ClN4O/c20-14-8-6-13(7-9-14)18-16-12-24(11-10-17(16)22-23-18)19(25)21-15-4-2-1-3-5-15/h1-9H,10-12H2,(H,21,25)(H,22,23). The fraction of sp³-hybridized carbons (Fsp3) is 0.158. The Hall–Kier alpha value is -2.79. The molecule has 0 aliphatic carbocycles. The number of carbonyl (C=O) groups excluding carboxylic acids is 1. The lowest BCUT2D eigenvalue weighted by atomic mass is 10.0. The molecule has 2 aromatic carbocycles. The Kier molecular flexibility index (Phi) is 4.15. The summed E-state index contributed by atoms with van der Waals surface area (Å²) < 4.78 is 0. The van der Waals surface area contributed by atoms with Crippen molar-refractivity contribution >= 4 is 23.3 Å². The van der Waals surface area contributed by atoms with Crippen LogP contribution in [0.2, 0.25) is 5.02 Å². The zero-order chi connectivity index (χ0) is 17.2. The number of hydrogen-bond donors (Lipinski definition) is 2. The molecule has 0 atom stereocenters. The van der Waals surface area contributed by atoms with Crippen LogP contribution in [-0.2, 0) is 13.0 Å². The van der Waals surface area contributed by atoms with E-state index < -0.39 is 0 Å². The van der Waals surface area contributed by atoms with Gasteiger partial charge in [-0.1, -0.05) is 41.9 Å². The molecular formula is C19H17ClN4O. The monoisotopic (exact) mass is 352 g/mol. The Labute approximate surface area is 150 Å². The number of aromatic nitrogens is 2. The molecule has 0 saturated carbocycles. The maximum atomic E-state index is 12.6. The molecule has 2 N–H and O–H groups in total. The highest BCUT2D eigenvalue weighted by Gasteiger charge is 2.25. The van der Waals surface area contributed by atoms with Crippen LogP contribution in [0, 0.1) is 0 Å². The SMILES string of the molecule is O=C(Nc1ccccc1)N1CCc2[nH]nc(-c3ccc(Cl)cc3)c2C1. The first-order valence-electron chi connectivity index (χ1n) is 8.14. The van der Waals surface area contributed by atoms with Gasteiger partial charge in [0.25, 0.3) is 0 Å². The molecule has 5 nitrogen and oxygen atoms in total. The van der Waals surface area contributed by atoms with Crippen LogP contribution in [0.1, 0.15) is 11.3 Å². The summed E-state index contributed by atoms with van der Waals surface area (Å²) in [5.74, 6) is 0. The lowest BCUT2D eigenvalue weighted by Gasteiger charge is -2.27. The predicted octanol–water partition coefficient (Wildman–Crippen LogP) is 4.32. The van der Waals surface area contributed by atoms with Crippen molar-refractivity contribution in [3.05, 3.63) is 70.9 Å². The summed E-state index contributed by atoms with van der Waals surface area (Å²) >= 11 is 5.97. The number of hydrogen-bond acceptors (Lipinski definition) is 2. The third kappa shape index (κ3) is 3.23. The molecule has 1 aliphatic heterocycles. The minimum atomic E-state index is -0.0971. The number of nitrogens with zero attached hydrogens (tertiary/aromatic N) is 2. The molecule has 1 aliphatic rings. The number of halogens is 1. The molecule has 4 rings (SSSR count). The van der Waals surface area contributed by atoms with E-state index in [0.29, 0.717) is 18.1 Å². The maximum Gasteiger partial charge on any atom is 0.322 e. The minimum Gasteiger partial charge on any atom is -0.320 e. The molecule has 126 valence electrons. The first-order chi connectivity index (χ1) is 12.2. The van der Waals surface area contributed by atoms with E-state index in [-0.39, 0.29) is 6.03 Å². The Morgan fingerprint density at radius 2 is 1.88 bits per heavy atom. The van der Waals surface area contributed by atoms with Gasteiger partial charge in [-0.25, -0.2) is 4.79 Å². The Morgan fingerprint density at radius 1 is 1.12 bits per heavy atom. The highest BCUT2D eigenvalue weighted by Crippen LogP contribution is 2.29. The highest BCUT2D eigenvalue weighted by atomic mass is 35.5. The first kappa shape index (κ1) is 15.7. The van der Waals surface area contributed by atoms with Crippen LogP contribution < -0.4 is 5.32 Å². The molecule has 0 bridgehead atoms. The maximum absolute atomic E-state index is 12.6. The zero-order valence-electron chi connectivity index (χ0n) is 13.5. The van der Waals surface area contributed by atoms with Gasteiger partial charge >= 0.3 is 6.03 Å². The van der Waals surface area contributed by atoms with Crippen molar-refractivity contribution in [1.82, 2.24) is 15.1 Å². The second-order valence-corrected chi connectivity index (χ2v) is 6.44. The Bertz CT molecular complexity index is 890. The van der Waals surface area contributed by atoms with E-state index in [0.717, 1.165) is 34.6 Å². The fourth-order valence-corrected chi connectivity index (χ4v) is 3.16. The molecule has 2 heterocycles. The number of rotatable bonds is 2. The van der Waals surface area contributed by atoms with E-state index in [1.54, 1.807) is 0 Å². The van der Waals surface area contributed by atoms with Gasteiger partial charge in [0.05, 0.1) is 12.2 Å². The largest absolute Gasteiger partial charge is 0.322 e. The molecular weight excluding hydrogens is 336 g/mol. The normalized spacial score (nSPS) is 13.4. The molecule has 3 aromatic rings. The molecule has 25 heavy (non-hydrogen) atoms. The van der Waals surface area contributed by atoms with Crippen molar-refractivity contribution in [2.24, 2.45) is 0 Å². The van der Waals surface area contributed by atoms with Gasteiger partial charge in [-0.3, -0.25) is 5.10 Å². The smallest absolute Gasteiger partial charge is 0.320 e. The van der Waals surface area contributed by atoms with Gasteiger partial charge in [0, 0.05) is 40.5 Å². The van der Waals surface area contributed by atoms with Gasteiger partial charge in [0.2, 0.25) is 0 Å². The summed E-state index contributed by atoms with van der Waals surface area (Å²) in [6.45, 7) is 1.19. The van der Waals surface area contributed by atoms with Crippen LogP contribution in [0.15, 0.2) is 54.6 Å². The molecule has 0 spiro atoms. The van der Waals surface area contributed by atoms with Gasteiger partial charge in [-0.15, -0.1) is 0 Å². The number of anilines is 1. The summed E-state index contributed by atoms with van der Waals surface area (Å²) in [5, 5.41) is 11.2. The van der Waals surface area contributed by atoms with E-state index >= 15 is 0 Å². The summed E-state index contributed by atoms with van der Waals surface area (Å²) in [7, 11) is 0. The van der Waals surface area contributed by atoms with Crippen molar-refractivity contribution in [2.75, 3.05) is 11.9 Å². The van der Waals surface area contributed by atoms with Crippen LogP contribution in [0.4, 0.5) is 10.5 Å². The predicted molar refractivity (Wildman–Crippen MR) is 98.6 cm³/mol. The zero-order valence-corrected chi connectivity index (χ0v) is 14.3. The number of amides is 2. The quantitative estimate of drug-likeness (QED) is 0.721. The minimum absolute atomic E-state index is 0.0971. The lowest BCUT2D eigenvalue weighted by molar-refractivity contribution is 0.206. The Morgan fingerprint density at radius 3 is 2.64 bits per heavy atom. The molecule has 6 heteroatoms. The number of nitrogens with one attached hydrogen (secondary N) is 2. The van der Waals surface area contributed by atoms with Gasteiger partial charge < -0.3 is 10.2 Å². The topological polar surface area (TPSA) is 61.0 Å². The van der Waals surface area contributed by atoms with E-state index in [9.17, 15) is 4.79 Å². The van der Waals surface area contributed by atoms with Crippen molar-refractivity contribution in [2.45, 2.75) is 13.0 Å². The van der Waals surface area contributed by atoms with E-state index in [1.807, 2.05) is 59.5 Å². The number of benzene rings is 2. The van der Waals surface area contributed by atoms with Crippen molar-refractivity contribution in [3.63, 3.8) is 0 Å². The average molecular weight is 353 g/mol. The van der Waals surface area contributed by atoms with Gasteiger partial charge in [0.1, 0.15) is 0 Å². The number of carbonyl (C=O) groups is 1. The van der Waals surface area contributed by atoms with E-state index in [4.69, 9.17) is 11.6 Å². The summed E-state index contributed by atoms with van der Waals surface area (Å²) in [5.41, 5.74) is 4.82. The highest BCUT2D eigenvalue weighted by molar-refractivity contribution is 6.30. The number of H-pyrrole nitrogens is 1. The number of aromatic amines is 1. The van der Waals surface area contributed by atoms with Gasteiger partial charge in [-0.2, -0.15) is 5.10 Å². The summed E-state index contributed by atoms with van der Waals surface area (Å²) in [4.78, 5) is 14.4. The van der Waals surface area contributed by atoms with Crippen LogP contribution in [0.25, 0.3) is 11.3 Å². The summed E-state index contributed by atoms with van der Waals surface area (Å²) in [6, 6.07) is 17.0. The van der Waals surface area contributed by atoms with E-state index in [2.05, 4.69) is 15.5 Å². The Balaban J connectivity index is 1.55. The van der Waals surface area contributed by atoms with Crippen LogP contribution in [0.3, 0.4) is 0 Å². The average Bonchev–Trinajstić information content (AvgIpc) is 3.06. The third-order valence-corrected chi connectivity index (χ3v) is 4.62. The van der Waals surface area contributed by atoms with E-state index in [1.165, 1.54) is 0 Å². The first-order valence-corrected chi connectivity index (χ1v) is 8.51. The molecule has 0 radical (unpaired) electrons. The van der Waals surface area contributed by atoms with Crippen molar-refractivity contribution < 1.29 is 4.79 Å². The molecule has 0 saturated heterocycles. The van der Waals surface area contributed by atoms with Crippen LogP contribution >= 0.6 is 11.6 Å². The molecule has 1 aromatic heterocycles. The third-order valence-electron chi connectivity index (χ3n) is 4.36. The number of urea groups is 1.